The maximum atomic E-state index is 11.4. The number of amides is 1. The molecule has 2 aromatic heterocycles. The average molecular weight is 487 g/mol. The Balaban J connectivity index is 1.29. The van der Waals surface area contributed by atoms with Crippen molar-refractivity contribution in [2.24, 2.45) is 11.7 Å². The van der Waals surface area contributed by atoms with Gasteiger partial charge in [0, 0.05) is 22.3 Å². The first-order valence-corrected chi connectivity index (χ1v) is 11.0. The van der Waals surface area contributed by atoms with Gasteiger partial charge in [0.05, 0.1) is 17.5 Å². The van der Waals surface area contributed by atoms with E-state index in [1.54, 1.807) is 12.1 Å². The summed E-state index contributed by atoms with van der Waals surface area (Å²) in [5.41, 5.74) is 7.49. The molecule has 0 bridgehead atoms. The third-order valence-corrected chi connectivity index (χ3v) is 6.47. The Morgan fingerprint density at radius 2 is 2.20 bits per heavy atom. The van der Waals surface area contributed by atoms with Gasteiger partial charge >= 0.3 is 0 Å². The van der Waals surface area contributed by atoms with E-state index in [2.05, 4.69) is 53.8 Å². The van der Waals surface area contributed by atoms with Crippen LogP contribution in [0.3, 0.4) is 0 Å². The van der Waals surface area contributed by atoms with Crippen LogP contribution in [0.5, 0.6) is 0 Å². The Morgan fingerprint density at radius 3 is 3.03 bits per heavy atom. The second kappa shape index (κ2) is 9.17. The van der Waals surface area contributed by atoms with Crippen LogP contribution < -0.4 is 11.1 Å². The molecule has 30 heavy (non-hydrogen) atoms. The summed E-state index contributed by atoms with van der Waals surface area (Å²) >= 11 is 9.49. The summed E-state index contributed by atoms with van der Waals surface area (Å²) in [5, 5.41) is 4.84. The standard InChI is InChI=1S/C22H21BrClN5O/c23-19-6-4-14(11-18(19)21(25)30)2-1-8-26-12-15-3-5-16(10-15)29-9-7-17-20(24)27-13-28-22(17)29/h4,6-7,9,11,13,15-16,26H,3,5,8,10,12H2,(H2,25,30). The highest BCUT2D eigenvalue weighted by Gasteiger charge is 2.26. The molecule has 154 valence electrons. The topological polar surface area (TPSA) is 85.8 Å². The molecule has 0 aliphatic heterocycles. The molecule has 0 radical (unpaired) electrons. The number of fused-ring (bicyclic) bond motifs is 1. The lowest BCUT2D eigenvalue weighted by molar-refractivity contribution is 0.0999. The predicted octanol–water partition coefficient (Wildman–Crippen LogP) is 3.93. The maximum Gasteiger partial charge on any atom is 0.249 e. The minimum absolute atomic E-state index is 0.432. The van der Waals surface area contributed by atoms with Gasteiger partial charge in [-0.1, -0.05) is 23.4 Å². The Hall–Kier alpha value is -2.40. The number of carbonyl (C=O) groups excluding carboxylic acids is 1. The molecule has 1 saturated carbocycles. The molecule has 1 fully saturated rings. The van der Waals surface area contributed by atoms with Crippen LogP contribution in [0.4, 0.5) is 0 Å². The molecule has 1 aliphatic rings. The molecular weight excluding hydrogens is 466 g/mol. The van der Waals surface area contributed by atoms with Gasteiger partial charge in [-0.3, -0.25) is 4.79 Å². The van der Waals surface area contributed by atoms with E-state index in [4.69, 9.17) is 17.3 Å². The van der Waals surface area contributed by atoms with E-state index in [1.807, 2.05) is 12.1 Å². The maximum absolute atomic E-state index is 11.4. The van der Waals surface area contributed by atoms with Crippen LogP contribution in [-0.4, -0.2) is 33.5 Å². The van der Waals surface area contributed by atoms with Crippen LogP contribution in [0.2, 0.25) is 5.15 Å². The lowest BCUT2D eigenvalue weighted by Crippen LogP contribution is -2.22. The molecule has 2 atom stereocenters. The number of nitrogens with two attached hydrogens (primary N) is 1. The number of benzene rings is 1. The normalized spacial score (nSPS) is 18.3. The van der Waals surface area contributed by atoms with Crippen LogP contribution in [0.25, 0.3) is 11.0 Å². The van der Waals surface area contributed by atoms with E-state index in [9.17, 15) is 4.79 Å². The van der Waals surface area contributed by atoms with Crippen molar-refractivity contribution in [1.29, 1.82) is 0 Å². The molecular formula is C22H21BrClN5O. The van der Waals surface area contributed by atoms with Crippen LogP contribution >= 0.6 is 27.5 Å². The summed E-state index contributed by atoms with van der Waals surface area (Å²) in [6.07, 6.45) is 6.97. The minimum Gasteiger partial charge on any atom is -0.366 e. The van der Waals surface area contributed by atoms with E-state index >= 15 is 0 Å². The van der Waals surface area contributed by atoms with Crippen molar-refractivity contribution in [3.63, 3.8) is 0 Å². The summed E-state index contributed by atoms with van der Waals surface area (Å²) in [5.74, 6) is 6.32. The zero-order valence-electron chi connectivity index (χ0n) is 16.2. The van der Waals surface area contributed by atoms with Crippen molar-refractivity contribution < 1.29 is 4.79 Å². The van der Waals surface area contributed by atoms with Crippen molar-refractivity contribution in [3.05, 3.63) is 57.5 Å². The molecule has 1 amide bonds. The number of rotatable bonds is 5. The highest BCUT2D eigenvalue weighted by Crippen LogP contribution is 2.36. The van der Waals surface area contributed by atoms with Crippen molar-refractivity contribution in [2.75, 3.05) is 13.1 Å². The van der Waals surface area contributed by atoms with Gasteiger partial charge < -0.3 is 15.6 Å². The average Bonchev–Trinajstić information content (AvgIpc) is 3.36. The highest BCUT2D eigenvalue weighted by molar-refractivity contribution is 9.10. The van der Waals surface area contributed by atoms with Crippen molar-refractivity contribution in [2.45, 2.75) is 25.3 Å². The van der Waals surface area contributed by atoms with E-state index in [-0.39, 0.29) is 0 Å². The highest BCUT2D eigenvalue weighted by atomic mass is 79.9. The van der Waals surface area contributed by atoms with Gasteiger partial charge in [-0.2, -0.15) is 0 Å². The predicted molar refractivity (Wildman–Crippen MR) is 121 cm³/mol. The van der Waals surface area contributed by atoms with Crippen LogP contribution in [0.1, 0.15) is 41.2 Å². The number of nitrogens with zero attached hydrogens (tertiary/aromatic N) is 3. The summed E-state index contributed by atoms with van der Waals surface area (Å²) in [6, 6.07) is 7.78. The second-order valence-corrected chi connectivity index (χ2v) is 8.66. The Kier molecular flexibility index (Phi) is 6.38. The monoisotopic (exact) mass is 485 g/mol. The first kappa shape index (κ1) is 20.9. The van der Waals surface area contributed by atoms with Gasteiger partial charge in [-0.25, -0.2) is 9.97 Å². The van der Waals surface area contributed by atoms with Crippen LogP contribution in [0.15, 0.2) is 41.3 Å². The molecule has 4 rings (SSSR count). The molecule has 3 N–H and O–H groups in total. The number of halogens is 2. The van der Waals surface area contributed by atoms with E-state index in [1.165, 1.54) is 6.33 Å². The summed E-state index contributed by atoms with van der Waals surface area (Å²) in [7, 11) is 0. The van der Waals surface area contributed by atoms with Crippen molar-refractivity contribution in [1.82, 2.24) is 19.9 Å². The molecule has 0 spiro atoms. The summed E-state index contributed by atoms with van der Waals surface area (Å²) in [6.45, 7) is 1.52. The number of carbonyl (C=O) groups is 1. The Morgan fingerprint density at radius 1 is 1.33 bits per heavy atom. The molecule has 6 nitrogen and oxygen atoms in total. The molecule has 0 saturated heterocycles. The lowest BCUT2D eigenvalue weighted by atomic mass is 10.1. The third kappa shape index (κ3) is 4.51. The molecule has 2 heterocycles. The number of primary amides is 1. The molecule has 1 aromatic carbocycles. The SMILES string of the molecule is NC(=O)c1cc(C#CCNCC2CCC(n3ccc4c(Cl)ncnc43)C2)ccc1Br. The minimum atomic E-state index is -0.469. The van der Waals surface area contributed by atoms with Gasteiger partial charge in [0.2, 0.25) is 5.91 Å². The molecule has 1 aliphatic carbocycles. The zero-order chi connectivity index (χ0) is 21.1. The van der Waals surface area contributed by atoms with Gasteiger partial charge in [0.25, 0.3) is 0 Å². The van der Waals surface area contributed by atoms with Crippen molar-refractivity contribution in [3.8, 4) is 11.8 Å². The lowest BCUT2D eigenvalue weighted by Gasteiger charge is -2.14. The first-order chi connectivity index (χ1) is 14.5. The zero-order valence-corrected chi connectivity index (χ0v) is 18.6. The Bertz CT molecular complexity index is 1150. The fourth-order valence-corrected chi connectivity index (χ4v) is 4.63. The number of hydrogen-bond acceptors (Lipinski definition) is 4. The quantitative estimate of drug-likeness (QED) is 0.325. The van der Waals surface area contributed by atoms with Crippen molar-refractivity contribution >= 4 is 44.5 Å². The van der Waals surface area contributed by atoms with Gasteiger partial charge in [0.15, 0.2) is 0 Å². The second-order valence-electron chi connectivity index (χ2n) is 7.45. The number of hydrogen-bond donors (Lipinski definition) is 2. The molecule has 8 heteroatoms. The first-order valence-electron chi connectivity index (χ1n) is 9.79. The Labute approximate surface area is 188 Å². The van der Waals surface area contributed by atoms with E-state index in [0.29, 0.717) is 33.7 Å². The fourth-order valence-electron chi connectivity index (χ4n) is 4.00. The molecule has 3 aromatic rings. The van der Waals surface area contributed by atoms with E-state index < -0.39 is 5.91 Å². The third-order valence-electron chi connectivity index (χ3n) is 5.48. The summed E-state index contributed by atoms with van der Waals surface area (Å²) in [4.78, 5) is 19.9. The van der Waals surface area contributed by atoms with Crippen LogP contribution in [0, 0.1) is 17.8 Å². The van der Waals surface area contributed by atoms with Crippen LogP contribution in [-0.2, 0) is 0 Å². The van der Waals surface area contributed by atoms with Gasteiger partial charge in [0.1, 0.15) is 17.1 Å². The molecule has 2 unspecified atom stereocenters. The number of nitrogens with one attached hydrogen (secondary N) is 1. The summed E-state index contributed by atoms with van der Waals surface area (Å²) < 4.78 is 2.91. The van der Waals surface area contributed by atoms with E-state index in [0.717, 1.165) is 42.4 Å². The van der Waals surface area contributed by atoms with Gasteiger partial charge in [-0.15, -0.1) is 0 Å². The largest absolute Gasteiger partial charge is 0.366 e. The van der Waals surface area contributed by atoms with Gasteiger partial charge in [-0.05, 0) is 71.9 Å². The number of aromatic nitrogens is 3. The fraction of sp³-hybridized carbons (Fsp3) is 0.318. The smallest absolute Gasteiger partial charge is 0.249 e.